The summed E-state index contributed by atoms with van der Waals surface area (Å²) >= 11 is 0. The minimum Gasteiger partial charge on any atom is -0.444 e. The SMILES string of the molecule is COCN(c1cccc(F)n1)S(=O)(=O)c1cc(C#N)c(NC[C@H](Cc2ccccc2CNC(=O)OC(C)(C)C)[C@@H](C)NC(=O)OC(C)(C)C)cc1F. The number of halogens is 2. The van der Waals surface area contributed by atoms with Gasteiger partial charge in [0, 0.05) is 32.2 Å². The number of hydrogen-bond donors (Lipinski definition) is 3. The van der Waals surface area contributed by atoms with Gasteiger partial charge in [-0.3, -0.25) is 0 Å². The van der Waals surface area contributed by atoms with Crippen molar-refractivity contribution in [1.82, 2.24) is 15.6 Å². The lowest BCUT2D eigenvalue weighted by atomic mass is 9.90. The van der Waals surface area contributed by atoms with Gasteiger partial charge in [-0.15, -0.1) is 0 Å². The Hall–Kier alpha value is -5.01. The number of benzene rings is 2. The van der Waals surface area contributed by atoms with E-state index < -0.39 is 68.8 Å². The standard InChI is InChI=1S/C36H46F2N6O7S/c1-23(42-34(46)51-36(5,6)7)27(16-24-12-9-10-13-25(24)20-41-33(45)50-35(2,3)4)21-40-29-18-28(37)30(17-26(29)19-39)52(47,48)44(22-49-8)32-15-11-14-31(38)43-32/h9-15,17-18,23,27,40H,16,20-22H2,1-8H3,(H,41,45)(H,42,46)/t23-,27+/m1/s1. The lowest BCUT2D eigenvalue weighted by Crippen LogP contribution is -2.44. The molecule has 3 N–H and O–H groups in total. The lowest BCUT2D eigenvalue weighted by molar-refractivity contribution is 0.0488. The minimum atomic E-state index is -4.73. The Balaban J connectivity index is 1.94. The number of anilines is 2. The number of rotatable bonds is 14. The maximum atomic E-state index is 15.7. The number of aromatic nitrogens is 1. The monoisotopic (exact) mass is 744 g/mol. The predicted octanol–water partition coefficient (Wildman–Crippen LogP) is 6.24. The Kier molecular flexibility index (Phi) is 13.9. The molecule has 0 aliphatic carbocycles. The third-order valence-corrected chi connectivity index (χ3v) is 9.13. The van der Waals surface area contributed by atoms with E-state index in [-0.39, 0.29) is 30.2 Å². The zero-order valence-corrected chi connectivity index (χ0v) is 31.4. The zero-order chi connectivity index (χ0) is 38.9. The molecule has 0 bridgehead atoms. The van der Waals surface area contributed by atoms with E-state index in [0.29, 0.717) is 10.7 Å². The van der Waals surface area contributed by atoms with Crippen molar-refractivity contribution in [2.24, 2.45) is 5.92 Å². The van der Waals surface area contributed by atoms with Gasteiger partial charge in [-0.2, -0.15) is 9.65 Å². The molecule has 0 unspecified atom stereocenters. The van der Waals surface area contributed by atoms with Gasteiger partial charge in [0.25, 0.3) is 10.0 Å². The molecule has 16 heteroatoms. The molecular weight excluding hydrogens is 698 g/mol. The molecule has 0 fully saturated rings. The first-order valence-electron chi connectivity index (χ1n) is 16.4. The Morgan fingerprint density at radius 2 is 1.60 bits per heavy atom. The lowest BCUT2D eigenvalue weighted by Gasteiger charge is -2.28. The van der Waals surface area contributed by atoms with Crippen LogP contribution in [0.3, 0.4) is 0 Å². The average molecular weight is 745 g/mol. The summed E-state index contributed by atoms with van der Waals surface area (Å²) in [4.78, 5) is 27.9. The van der Waals surface area contributed by atoms with Crippen LogP contribution < -0.4 is 20.3 Å². The molecule has 0 saturated heterocycles. The van der Waals surface area contributed by atoms with Crippen molar-refractivity contribution in [1.29, 1.82) is 5.26 Å². The van der Waals surface area contributed by atoms with Crippen molar-refractivity contribution in [3.8, 4) is 6.07 Å². The number of amides is 2. The van der Waals surface area contributed by atoms with E-state index in [1.54, 1.807) is 48.5 Å². The molecule has 3 rings (SSSR count). The number of carbonyl (C=O) groups excluding carboxylic acids is 2. The molecule has 0 aliphatic rings. The fourth-order valence-corrected chi connectivity index (χ4v) is 6.39. The number of methoxy groups -OCH3 is 1. The summed E-state index contributed by atoms with van der Waals surface area (Å²) in [5.41, 5.74) is -0.0270. The minimum absolute atomic E-state index is 0.00420. The highest BCUT2D eigenvalue weighted by Crippen LogP contribution is 2.29. The van der Waals surface area contributed by atoms with Gasteiger partial charge in [0.2, 0.25) is 5.95 Å². The molecule has 1 heterocycles. The van der Waals surface area contributed by atoms with Crippen LogP contribution in [0, 0.1) is 29.0 Å². The maximum absolute atomic E-state index is 15.7. The van der Waals surface area contributed by atoms with Gasteiger partial charge in [0.15, 0.2) is 0 Å². The van der Waals surface area contributed by atoms with Gasteiger partial charge in [0.1, 0.15) is 40.5 Å². The molecule has 2 amide bonds. The van der Waals surface area contributed by atoms with Crippen molar-refractivity contribution in [3.05, 3.63) is 83.1 Å². The van der Waals surface area contributed by atoms with Gasteiger partial charge in [0.05, 0.1) is 11.3 Å². The van der Waals surface area contributed by atoms with E-state index in [1.165, 1.54) is 19.2 Å². The smallest absolute Gasteiger partial charge is 0.407 e. The zero-order valence-electron chi connectivity index (χ0n) is 30.5. The summed E-state index contributed by atoms with van der Waals surface area (Å²) in [6, 6.07) is 14.0. The second kappa shape index (κ2) is 17.5. The highest BCUT2D eigenvalue weighted by molar-refractivity contribution is 7.92. The molecule has 0 spiro atoms. The first-order valence-corrected chi connectivity index (χ1v) is 17.8. The van der Waals surface area contributed by atoms with Gasteiger partial charge < -0.3 is 30.2 Å². The highest BCUT2D eigenvalue weighted by atomic mass is 32.2. The van der Waals surface area contributed by atoms with Gasteiger partial charge in [-0.05, 0) is 90.3 Å². The predicted molar refractivity (Wildman–Crippen MR) is 191 cm³/mol. The van der Waals surface area contributed by atoms with Crippen molar-refractivity contribution in [2.75, 3.05) is 30.0 Å². The Labute approximate surface area is 303 Å². The molecule has 0 aliphatic heterocycles. The van der Waals surface area contributed by atoms with Crippen molar-refractivity contribution >= 4 is 33.7 Å². The fraction of sp³-hybridized carbons (Fsp3) is 0.444. The van der Waals surface area contributed by atoms with E-state index in [4.69, 9.17) is 14.2 Å². The summed E-state index contributed by atoms with van der Waals surface area (Å²) < 4.78 is 73.2. The largest absolute Gasteiger partial charge is 0.444 e. The summed E-state index contributed by atoms with van der Waals surface area (Å²) in [5, 5.41) is 18.7. The number of sulfonamides is 1. The summed E-state index contributed by atoms with van der Waals surface area (Å²) in [6.45, 7) is 11.9. The first kappa shape index (κ1) is 41.4. The van der Waals surface area contributed by atoms with E-state index in [2.05, 4.69) is 20.9 Å². The molecule has 282 valence electrons. The van der Waals surface area contributed by atoms with Crippen LogP contribution in [0.4, 0.5) is 29.9 Å². The number of nitriles is 1. The number of hydrogen-bond acceptors (Lipinski definition) is 10. The second-order valence-electron chi connectivity index (χ2n) is 13.9. The van der Waals surface area contributed by atoms with Crippen LogP contribution in [0.1, 0.15) is 65.2 Å². The van der Waals surface area contributed by atoms with E-state index in [9.17, 15) is 27.7 Å². The molecule has 2 aromatic carbocycles. The first-order chi connectivity index (χ1) is 24.2. The molecule has 2 atom stereocenters. The molecule has 3 aromatic rings. The van der Waals surface area contributed by atoms with Gasteiger partial charge in [-0.25, -0.2) is 31.7 Å². The second-order valence-corrected chi connectivity index (χ2v) is 15.8. The van der Waals surface area contributed by atoms with Crippen LogP contribution in [-0.4, -0.2) is 63.2 Å². The van der Waals surface area contributed by atoms with Crippen LogP contribution in [-0.2, 0) is 37.2 Å². The average Bonchev–Trinajstić information content (AvgIpc) is 3.03. The van der Waals surface area contributed by atoms with Crippen LogP contribution in [0.2, 0.25) is 0 Å². The number of nitrogens with one attached hydrogen (secondary N) is 3. The van der Waals surface area contributed by atoms with E-state index in [1.807, 2.05) is 30.3 Å². The Bertz CT molecular complexity index is 1870. The van der Waals surface area contributed by atoms with Crippen molar-refractivity contribution in [3.63, 3.8) is 0 Å². The summed E-state index contributed by atoms with van der Waals surface area (Å²) in [7, 11) is -3.52. The number of nitrogens with zero attached hydrogens (tertiary/aromatic N) is 3. The molecule has 1 aromatic heterocycles. The van der Waals surface area contributed by atoms with Crippen LogP contribution in [0.25, 0.3) is 0 Å². The molecule has 0 radical (unpaired) electrons. The normalized spacial score (nSPS) is 12.9. The number of alkyl carbamates (subject to hydrolysis) is 2. The Morgan fingerprint density at radius 3 is 2.19 bits per heavy atom. The maximum Gasteiger partial charge on any atom is 0.407 e. The van der Waals surface area contributed by atoms with Crippen molar-refractivity contribution in [2.45, 2.75) is 83.6 Å². The topological polar surface area (TPSA) is 172 Å². The van der Waals surface area contributed by atoms with Crippen LogP contribution in [0.5, 0.6) is 0 Å². The third-order valence-electron chi connectivity index (χ3n) is 7.39. The molecule has 52 heavy (non-hydrogen) atoms. The Morgan fingerprint density at radius 1 is 0.962 bits per heavy atom. The van der Waals surface area contributed by atoms with E-state index >= 15 is 4.39 Å². The molecule has 13 nitrogen and oxygen atoms in total. The molecular formula is C36H46F2N6O7S. The number of ether oxygens (including phenoxy) is 3. The van der Waals surface area contributed by atoms with Gasteiger partial charge in [-0.1, -0.05) is 30.3 Å². The third kappa shape index (κ3) is 12.1. The summed E-state index contributed by atoms with van der Waals surface area (Å²) in [5.74, 6) is -2.91. The summed E-state index contributed by atoms with van der Waals surface area (Å²) in [6.07, 6.45) is -0.898. The quantitative estimate of drug-likeness (QED) is 0.127. The van der Waals surface area contributed by atoms with Gasteiger partial charge >= 0.3 is 12.2 Å². The number of carbonyl (C=O) groups is 2. The number of pyridine rings is 1. The van der Waals surface area contributed by atoms with Crippen LogP contribution in [0.15, 0.2) is 59.5 Å². The van der Waals surface area contributed by atoms with E-state index in [0.717, 1.165) is 29.3 Å². The van der Waals surface area contributed by atoms with Crippen LogP contribution >= 0.6 is 0 Å². The molecule has 0 saturated carbocycles. The highest BCUT2D eigenvalue weighted by Gasteiger charge is 2.31. The van der Waals surface area contributed by atoms with Crippen molar-refractivity contribution < 1.29 is 41.0 Å². The fourth-order valence-electron chi connectivity index (χ4n) is 4.99.